The number of ether oxygens (including phenoxy) is 4. The molecule has 1 unspecified atom stereocenters. The van der Waals surface area contributed by atoms with Gasteiger partial charge in [-0.3, -0.25) is 0 Å². The number of likely N-dealkylation sites (N-methyl/N-ethyl adjacent to an activating group) is 1. The first-order valence-corrected chi connectivity index (χ1v) is 15.0. The molecule has 2 saturated heterocycles. The fourth-order valence-electron chi connectivity index (χ4n) is 5.74. The number of piperazine rings is 1. The summed E-state index contributed by atoms with van der Waals surface area (Å²) in [5, 5.41) is 2.63. The van der Waals surface area contributed by atoms with Crippen LogP contribution in [0.25, 0.3) is 10.8 Å². The van der Waals surface area contributed by atoms with E-state index in [2.05, 4.69) is 21.8 Å². The maximum absolute atomic E-state index is 12.7. The van der Waals surface area contributed by atoms with Crippen molar-refractivity contribution < 1.29 is 23.7 Å². The van der Waals surface area contributed by atoms with E-state index in [0.717, 1.165) is 35.7 Å². The van der Waals surface area contributed by atoms with Crippen LogP contribution in [-0.2, 0) is 4.74 Å². The third-order valence-electron chi connectivity index (χ3n) is 7.97. The summed E-state index contributed by atoms with van der Waals surface area (Å²) in [5.74, 6) is 1.42. The molecule has 11 heteroatoms. The number of benzene rings is 2. The summed E-state index contributed by atoms with van der Waals surface area (Å²) in [6.45, 7) is 9.53. The number of amides is 1. The number of halogens is 1. The predicted octanol–water partition coefficient (Wildman–Crippen LogP) is 5.33. The van der Waals surface area contributed by atoms with E-state index in [1.165, 1.54) is 0 Å². The Hall–Kier alpha value is -3.50. The van der Waals surface area contributed by atoms with Gasteiger partial charge in [-0.2, -0.15) is 9.97 Å². The van der Waals surface area contributed by atoms with E-state index in [-0.39, 0.29) is 18.7 Å². The van der Waals surface area contributed by atoms with Gasteiger partial charge in [0.25, 0.3) is 5.88 Å². The van der Waals surface area contributed by atoms with Crippen molar-refractivity contribution in [1.82, 2.24) is 19.8 Å². The second kappa shape index (κ2) is 11.6. The minimum Gasteiger partial charge on any atom is -0.481 e. The summed E-state index contributed by atoms with van der Waals surface area (Å²) >= 11 is 6.63. The highest BCUT2D eigenvalue weighted by molar-refractivity contribution is 6.35. The third kappa shape index (κ3) is 6.01. The van der Waals surface area contributed by atoms with Crippen LogP contribution >= 0.6 is 11.6 Å². The Morgan fingerprint density at radius 1 is 1.07 bits per heavy atom. The van der Waals surface area contributed by atoms with Gasteiger partial charge < -0.3 is 33.6 Å². The minimum absolute atomic E-state index is 0.249. The highest BCUT2D eigenvalue weighted by Crippen LogP contribution is 2.44. The summed E-state index contributed by atoms with van der Waals surface area (Å²) in [7, 11) is 2.11. The molecular formula is C31H38ClN5O5. The highest BCUT2D eigenvalue weighted by atomic mass is 35.5. The molecule has 0 aliphatic carbocycles. The summed E-state index contributed by atoms with van der Waals surface area (Å²) in [5.41, 5.74) is 0.389. The van der Waals surface area contributed by atoms with Crippen LogP contribution in [0.3, 0.4) is 0 Å². The molecule has 1 aromatic heterocycles. The maximum Gasteiger partial charge on any atom is 0.410 e. The molecule has 2 aromatic carbocycles. The van der Waals surface area contributed by atoms with Crippen LogP contribution in [0.4, 0.5) is 10.6 Å². The van der Waals surface area contributed by atoms with Crippen LogP contribution in [-0.4, -0.2) is 90.5 Å². The average molecular weight is 596 g/mol. The lowest BCUT2D eigenvalue weighted by atomic mass is 10.0. The van der Waals surface area contributed by atoms with Crippen LogP contribution in [0.15, 0.2) is 36.4 Å². The quantitative estimate of drug-likeness (QED) is 0.388. The Kier molecular flexibility index (Phi) is 7.93. The van der Waals surface area contributed by atoms with Crippen LogP contribution in [0.5, 0.6) is 17.6 Å². The lowest BCUT2D eigenvalue weighted by molar-refractivity contribution is 0.0239. The molecule has 42 heavy (non-hydrogen) atoms. The van der Waals surface area contributed by atoms with Crippen molar-refractivity contribution in [3.63, 3.8) is 0 Å². The Labute approximate surface area is 251 Å². The van der Waals surface area contributed by atoms with E-state index in [4.69, 9.17) is 35.5 Å². The van der Waals surface area contributed by atoms with E-state index in [1.807, 2.05) is 57.2 Å². The summed E-state index contributed by atoms with van der Waals surface area (Å²) in [4.78, 5) is 28.2. The van der Waals surface area contributed by atoms with Crippen LogP contribution < -0.4 is 19.1 Å². The second-order valence-electron chi connectivity index (χ2n) is 12.1. The van der Waals surface area contributed by atoms with Crippen molar-refractivity contribution in [1.29, 1.82) is 0 Å². The Morgan fingerprint density at radius 3 is 2.55 bits per heavy atom. The zero-order chi connectivity index (χ0) is 29.4. The zero-order valence-corrected chi connectivity index (χ0v) is 25.4. The monoisotopic (exact) mass is 595 g/mol. The number of hydrogen-bond acceptors (Lipinski definition) is 9. The standard InChI is InChI=1S/C31H38ClN5O5/c1-31(2,3)42-30(38)37-16-14-36(15-17-37)27-26-28(34-29(33-27)40-18-21-10-7-13-35(21)4)41-24(19-39-26)22-11-5-8-20-9-6-12-23(32)25(20)22/h5-6,8-9,11-12,21,24H,7,10,13-19H2,1-4H3/t21-,24?/m0/s1. The molecule has 4 heterocycles. The molecule has 3 aromatic rings. The van der Waals surface area contributed by atoms with E-state index in [0.29, 0.717) is 61.3 Å². The lowest BCUT2D eigenvalue weighted by Crippen LogP contribution is -2.50. The highest BCUT2D eigenvalue weighted by Gasteiger charge is 2.34. The average Bonchev–Trinajstić information content (AvgIpc) is 3.38. The van der Waals surface area contributed by atoms with Crippen molar-refractivity contribution >= 4 is 34.3 Å². The van der Waals surface area contributed by atoms with Gasteiger partial charge in [-0.1, -0.05) is 41.9 Å². The molecule has 224 valence electrons. The largest absolute Gasteiger partial charge is 0.481 e. The number of rotatable bonds is 5. The van der Waals surface area contributed by atoms with Gasteiger partial charge in [-0.15, -0.1) is 0 Å². The van der Waals surface area contributed by atoms with Crippen molar-refractivity contribution in [2.24, 2.45) is 0 Å². The summed E-state index contributed by atoms with van der Waals surface area (Å²) in [6, 6.07) is 12.5. The van der Waals surface area contributed by atoms with E-state index in [9.17, 15) is 4.79 Å². The van der Waals surface area contributed by atoms with Crippen molar-refractivity contribution in [3.8, 4) is 17.6 Å². The number of fused-ring (bicyclic) bond motifs is 2. The smallest absolute Gasteiger partial charge is 0.410 e. The molecule has 6 rings (SSSR count). The number of carbonyl (C=O) groups excluding carboxylic acids is 1. The molecule has 2 fully saturated rings. The Balaban J connectivity index is 1.27. The fraction of sp³-hybridized carbons (Fsp3) is 0.516. The predicted molar refractivity (Wildman–Crippen MR) is 161 cm³/mol. The van der Waals surface area contributed by atoms with Crippen molar-refractivity contribution in [3.05, 3.63) is 47.0 Å². The van der Waals surface area contributed by atoms with Gasteiger partial charge in [0, 0.05) is 48.2 Å². The molecule has 0 saturated carbocycles. The van der Waals surface area contributed by atoms with E-state index in [1.54, 1.807) is 4.90 Å². The van der Waals surface area contributed by atoms with Crippen LogP contribution in [0, 0.1) is 0 Å². The van der Waals surface area contributed by atoms with Gasteiger partial charge in [-0.25, -0.2) is 4.79 Å². The Morgan fingerprint density at radius 2 is 1.83 bits per heavy atom. The van der Waals surface area contributed by atoms with Gasteiger partial charge >= 0.3 is 12.1 Å². The normalized spacial score (nSPS) is 21.1. The van der Waals surface area contributed by atoms with Gasteiger partial charge in [0.1, 0.15) is 18.8 Å². The summed E-state index contributed by atoms with van der Waals surface area (Å²) < 4.78 is 24.6. The van der Waals surface area contributed by atoms with Crippen LogP contribution in [0.1, 0.15) is 45.3 Å². The topological polar surface area (TPSA) is 89.5 Å². The number of likely N-dealkylation sites (tertiary alicyclic amines) is 1. The molecular weight excluding hydrogens is 558 g/mol. The molecule has 0 radical (unpaired) electrons. The van der Waals surface area contributed by atoms with Gasteiger partial charge in [0.15, 0.2) is 11.9 Å². The Bertz CT molecular complexity index is 1450. The lowest BCUT2D eigenvalue weighted by Gasteiger charge is -2.37. The minimum atomic E-state index is -0.546. The number of hydrogen-bond donors (Lipinski definition) is 0. The first kappa shape index (κ1) is 28.6. The number of anilines is 1. The van der Waals surface area contributed by atoms with Crippen molar-refractivity contribution in [2.45, 2.75) is 51.4 Å². The summed E-state index contributed by atoms with van der Waals surface area (Å²) in [6.07, 6.45) is 1.49. The molecule has 1 amide bonds. The number of nitrogens with zero attached hydrogens (tertiary/aromatic N) is 5. The fourth-order valence-corrected chi connectivity index (χ4v) is 6.04. The zero-order valence-electron chi connectivity index (χ0n) is 24.6. The first-order chi connectivity index (χ1) is 20.2. The first-order valence-electron chi connectivity index (χ1n) is 14.6. The SMILES string of the molecule is CN1CCC[C@H]1COc1nc2c(c(N3CCN(C(=O)OC(C)(C)C)CC3)n1)OCC(c1cccc3cccc(Cl)c13)O2. The molecule has 3 aliphatic rings. The van der Waals surface area contributed by atoms with Gasteiger partial charge in [-0.05, 0) is 58.7 Å². The van der Waals surface area contributed by atoms with Crippen LogP contribution in [0.2, 0.25) is 5.02 Å². The van der Waals surface area contributed by atoms with E-state index < -0.39 is 11.7 Å². The van der Waals surface area contributed by atoms with Gasteiger partial charge in [0.2, 0.25) is 5.75 Å². The molecule has 0 N–H and O–H groups in total. The van der Waals surface area contributed by atoms with E-state index >= 15 is 0 Å². The maximum atomic E-state index is 12.7. The van der Waals surface area contributed by atoms with Gasteiger partial charge in [0.05, 0.1) is 0 Å². The molecule has 10 nitrogen and oxygen atoms in total. The molecule has 0 bridgehead atoms. The molecule has 3 aliphatic heterocycles. The second-order valence-corrected chi connectivity index (χ2v) is 12.5. The molecule has 2 atom stereocenters. The number of aromatic nitrogens is 2. The number of carbonyl (C=O) groups is 1. The van der Waals surface area contributed by atoms with Crippen molar-refractivity contribution in [2.75, 3.05) is 57.9 Å². The molecule has 0 spiro atoms. The third-order valence-corrected chi connectivity index (χ3v) is 8.28.